The third kappa shape index (κ3) is 3.58. The Kier molecular flexibility index (Phi) is 3.66. The van der Waals surface area contributed by atoms with E-state index in [1.165, 1.54) is 6.08 Å². The zero-order valence-corrected chi connectivity index (χ0v) is 8.12. The highest BCUT2D eigenvalue weighted by Gasteiger charge is 2.32. The molecule has 0 radical (unpaired) electrons. The number of nitrogens with zero attached hydrogens (tertiary/aromatic N) is 1. The summed E-state index contributed by atoms with van der Waals surface area (Å²) in [6.45, 7) is 0. The van der Waals surface area contributed by atoms with Crippen LogP contribution in [0.1, 0.15) is 5.56 Å². The quantitative estimate of drug-likeness (QED) is 0.668. The van der Waals surface area contributed by atoms with Gasteiger partial charge in [-0.15, -0.1) is 0 Å². The van der Waals surface area contributed by atoms with E-state index in [4.69, 9.17) is 0 Å². The van der Waals surface area contributed by atoms with Crippen molar-refractivity contribution in [3.8, 4) is 0 Å². The van der Waals surface area contributed by atoms with Crippen molar-refractivity contribution in [1.82, 2.24) is 0 Å². The van der Waals surface area contributed by atoms with Gasteiger partial charge in [-0.25, -0.2) is 0 Å². The van der Waals surface area contributed by atoms with Gasteiger partial charge in [0.25, 0.3) is 0 Å². The molecule has 0 saturated carbocycles. The zero-order valence-electron chi connectivity index (χ0n) is 8.12. The molecule has 0 aromatic heterocycles. The largest absolute Gasteiger partial charge is 0.432 e. The van der Waals surface area contributed by atoms with Gasteiger partial charge in [0.2, 0.25) is 0 Å². The maximum Gasteiger partial charge on any atom is 0.432 e. The van der Waals surface area contributed by atoms with Gasteiger partial charge in [0.05, 0.1) is 0 Å². The second-order valence-electron chi connectivity index (χ2n) is 2.85. The third-order valence-corrected chi connectivity index (χ3v) is 1.76. The minimum Gasteiger partial charge on any atom is -0.284 e. The molecule has 0 saturated heterocycles. The first-order chi connectivity index (χ1) is 7.04. The highest BCUT2D eigenvalue weighted by Crippen LogP contribution is 2.18. The topological polar surface area (TPSA) is 12.4 Å². The lowest BCUT2D eigenvalue weighted by molar-refractivity contribution is -0.0577. The molecule has 15 heavy (non-hydrogen) atoms. The summed E-state index contributed by atoms with van der Waals surface area (Å²) in [5, 5.41) is 0. The number of benzene rings is 1. The van der Waals surface area contributed by atoms with Crippen LogP contribution in [0.25, 0.3) is 6.08 Å². The average Bonchev–Trinajstić information content (AvgIpc) is 2.18. The first kappa shape index (κ1) is 11.5. The van der Waals surface area contributed by atoms with E-state index in [-0.39, 0.29) is 0 Å². The molecular weight excluding hydrogens is 203 g/mol. The molecule has 80 valence electrons. The number of hydrogen-bond acceptors (Lipinski definition) is 1. The molecule has 0 heterocycles. The van der Waals surface area contributed by atoms with Crippen molar-refractivity contribution in [2.24, 2.45) is 4.99 Å². The van der Waals surface area contributed by atoms with Gasteiger partial charge >= 0.3 is 6.18 Å². The van der Waals surface area contributed by atoms with Crippen molar-refractivity contribution >= 4 is 11.8 Å². The monoisotopic (exact) mass is 213 g/mol. The van der Waals surface area contributed by atoms with Crippen LogP contribution in [0.2, 0.25) is 0 Å². The minimum atomic E-state index is -4.39. The molecule has 1 rings (SSSR count). The van der Waals surface area contributed by atoms with Gasteiger partial charge in [0.15, 0.2) is 0 Å². The van der Waals surface area contributed by atoms with Crippen LogP contribution in [-0.2, 0) is 0 Å². The Hall–Kier alpha value is -1.58. The Balaban J connectivity index is 2.82. The second-order valence-corrected chi connectivity index (χ2v) is 2.85. The molecule has 4 heteroatoms. The van der Waals surface area contributed by atoms with E-state index in [0.717, 1.165) is 13.1 Å². The van der Waals surface area contributed by atoms with Crippen LogP contribution in [0.4, 0.5) is 13.2 Å². The van der Waals surface area contributed by atoms with E-state index in [2.05, 4.69) is 4.99 Å². The molecule has 1 nitrogen and oxygen atoms in total. The number of allylic oxidation sites excluding steroid dienone is 1. The Morgan fingerprint density at radius 2 is 1.80 bits per heavy atom. The van der Waals surface area contributed by atoms with Crippen molar-refractivity contribution in [3.05, 3.63) is 42.0 Å². The molecular formula is C11H10F3N. The predicted molar refractivity (Wildman–Crippen MR) is 54.9 cm³/mol. The van der Waals surface area contributed by atoms with Crippen LogP contribution in [0, 0.1) is 0 Å². The SMILES string of the molecule is C/N=C(/C=C/c1ccccc1)C(F)(F)F. The Bertz CT molecular complexity index is 363. The van der Waals surface area contributed by atoms with Gasteiger partial charge in [-0.1, -0.05) is 36.4 Å². The zero-order chi connectivity index (χ0) is 11.3. The molecule has 0 aliphatic heterocycles. The van der Waals surface area contributed by atoms with Crippen LogP contribution < -0.4 is 0 Å². The van der Waals surface area contributed by atoms with E-state index >= 15 is 0 Å². The van der Waals surface area contributed by atoms with Crippen LogP contribution in [-0.4, -0.2) is 18.9 Å². The number of alkyl halides is 3. The van der Waals surface area contributed by atoms with E-state index < -0.39 is 11.9 Å². The molecule has 0 amide bonds. The van der Waals surface area contributed by atoms with Gasteiger partial charge < -0.3 is 0 Å². The molecule has 1 aromatic carbocycles. The van der Waals surface area contributed by atoms with Crippen molar-refractivity contribution in [1.29, 1.82) is 0 Å². The molecule has 0 aliphatic carbocycles. The molecule has 1 aromatic rings. The summed E-state index contributed by atoms with van der Waals surface area (Å²) in [4.78, 5) is 3.18. The highest BCUT2D eigenvalue weighted by molar-refractivity contribution is 6.02. The van der Waals surface area contributed by atoms with Crippen LogP contribution in [0.5, 0.6) is 0 Å². The molecule has 0 N–H and O–H groups in total. The van der Waals surface area contributed by atoms with E-state index in [1.54, 1.807) is 30.3 Å². The van der Waals surface area contributed by atoms with E-state index in [9.17, 15) is 13.2 Å². The van der Waals surface area contributed by atoms with Crippen LogP contribution >= 0.6 is 0 Å². The maximum atomic E-state index is 12.2. The summed E-state index contributed by atoms with van der Waals surface area (Å²) >= 11 is 0. The van der Waals surface area contributed by atoms with Crippen molar-refractivity contribution < 1.29 is 13.2 Å². The van der Waals surface area contributed by atoms with E-state index in [0.29, 0.717) is 5.56 Å². The summed E-state index contributed by atoms with van der Waals surface area (Å²) in [6.07, 6.45) is -2.04. The lowest BCUT2D eigenvalue weighted by atomic mass is 10.2. The minimum absolute atomic E-state index is 0.711. The van der Waals surface area contributed by atoms with Crippen LogP contribution in [0.3, 0.4) is 0 Å². The molecule has 0 aliphatic rings. The smallest absolute Gasteiger partial charge is 0.284 e. The maximum absolute atomic E-state index is 12.2. The highest BCUT2D eigenvalue weighted by atomic mass is 19.4. The summed E-state index contributed by atoms with van der Waals surface area (Å²) in [6, 6.07) is 8.77. The number of aliphatic imine (C=N–C) groups is 1. The van der Waals surface area contributed by atoms with Crippen molar-refractivity contribution in [3.63, 3.8) is 0 Å². The number of halogens is 3. The lowest BCUT2D eigenvalue weighted by Crippen LogP contribution is -2.20. The first-order valence-corrected chi connectivity index (χ1v) is 4.31. The number of rotatable bonds is 2. The van der Waals surface area contributed by atoms with E-state index in [1.807, 2.05) is 0 Å². The summed E-state index contributed by atoms with van der Waals surface area (Å²) in [5.74, 6) is 0. The summed E-state index contributed by atoms with van der Waals surface area (Å²) in [5.41, 5.74) is -0.172. The second kappa shape index (κ2) is 4.77. The van der Waals surface area contributed by atoms with Gasteiger partial charge in [-0.3, -0.25) is 4.99 Å². The summed E-state index contributed by atoms with van der Waals surface area (Å²) in [7, 11) is 1.12. The fourth-order valence-electron chi connectivity index (χ4n) is 1.04. The van der Waals surface area contributed by atoms with Gasteiger partial charge in [-0.2, -0.15) is 13.2 Å². The third-order valence-electron chi connectivity index (χ3n) is 1.76. The fraction of sp³-hybridized carbons (Fsp3) is 0.182. The van der Waals surface area contributed by atoms with Gasteiger partial charge in [0, 0.05) is 7.05 Å². The molecule has 0 fully saturated rings. The van der Waals surface area contributed by atoms with Gasteiger partial charge in [0.1, 0.15) is 5.71 Å². The molecule has 0 spiro atoms. The Morgan fingerprint density at radius 3 is 2.27 bits per heavy atom. The van der Waals surface area contributed by atoms with Crippen LogP contribution in [0.15, 0.2) is 41.4 Å². The Morgan fingerprint density at radius 1 is 1.20 bits per heavy atom. The van der Waals surface area contributed by atoms with Gasteiger partial charge in [-0.05, 0) is 11.6 Å². The first-order valence-electron chi connectivity index (χ1n) is 4.31. The normalized spacial score (nSPS) is 13.5. The fourth-order valence-corrected chi connectivity index (χ4v) is 1.04. The lowest BCUT2D eigenvalue weighted by Gasteiger charge is -2.04. The van der Waals surface area contributed by atoms with Crippen molar-refractivity contribution in [2.45, 2.75) is 6.18 Å². The molecule has 0 atom stereocenters. The standard InChI is InChI=1S/C11H10F3N/c1-15-10(11(12,13)14)8-7-9-5-3-2-4-6-9/h2-8H,1H3/b8-7+,15-10-. The molecule has 0 unspecified atom stereocenters. The summed E-state index contributed by atoms with van der Waals surface area (Å²) < 4.78 is 36.7. The average molecular weight is 213 g/mol. The molecule has 0 bridgehead atoms. The number of hydrogen-bond donors (Lipinski definition) is 0. The predicted octanol–water partition coefficient (Wildman–Crippen LogP) is 3.33. The van der Waals surface area contributed by atoms with Crippen molar-refractivity contribution in [2.75, 3.05) is 7.05 Å². The Labute approximate surface area is 86.0 Å².